The maximum absolute atomic E-state index is 12.7. The van der Waals surface area contributed by atoms with Crippen LogP contribution in [0.25, 0.3) is 4.89 Å². The molecule has 0 aliphatic heterocycles. The molecule has 5 nitrogen and oxygen atoms in total. The Labute approximate surface area is 142 Å². The summed E-state index contributed by atoms with van der Waals surface area (Å²) in [4.78, 5) is 1.26. The highest BCUT2D eigenvalue weighted by atomic mass is 32.2. The van der Waals surface area contributed by atoms with Crippen molar-refractivity contribution in [2.24, 2.45) is 0 Å². The fraction of sp³-hybridized carbons (Fsp3) is 1.00. The van der Waals surface area contributed by atoms with Gasteiger partial charge in [-0.3, -0.25) is 4.21 Å². The van der Waals surface area contributed by atoms with Gasteiger partial charge in [-0.15, -0.1) is 0 Å². The third-order valence-corrected chi connectivity index (χ3v) is 3.51. The molecule has 0 bridgehead atoms. The average molecular weight is 480 g/mol. The number of halogens is 14. The van der Waals surface area contributed by atoms with Gasteiger partial charge >= 0.3 is 35.6 Å². The van der Waals surface area contributed by atoms with Crippen molar-refractivity contribution < 1.29 is 78.4 Å². The molecule has 0 heterocycles. The molecule has 0 saturated heterocycles. The highest BCUT2D eigenvalue weighted by Gasteiger charge is 2.77. The first-order valence-electron chi connectivity index (χ1n) is 5.09. The van der Waals surface area contributed by atoms with Crippen LogP contribution in [-0.4, -0.2) is 44.0 Å². The summed E-state index contributed by atoms with van der Waals surface area (Å²) in [5.74, 6) is -14.1. The van der Waals surface area contributed by atoms with Crippen LogP contribution in [0.4, 0.5) is 61.5 Å². The Morgan fingerprint density at radius 1 is 0.630 bits per heavy atom. The van der Waals surface area contributed by atoms with E-state index in [4.69, 9.17) is 0 Å². The maximum Gasteiger partial charge on any atom is 0.462 e. The predicted molar refractivity (Wildman–Crippen MR) is 53.7 cm³/mol. The Morgan fingerprint density at radius 3 is 1.33 bits per heavy atom. The van der Waals surface area contributed by atoms with Gasteiger partial charge in [-0.05, 0) is 0 Å². The minimum Gasteiger partial charge on any atom is -0.408 e. The Kier molecular flexibility index (Phi) is 7.33. The van der Waals surface area contributed by atoms with E-state index < -0.39 is 57.9 Å². The van der Waals surface area contributed by atoms with Gasteiger partial charge in [0.2, 0.25) is 11.1 Å². The molecule has 0 radical (unpaired) electrons. The lowest BCUT2D eigenvalue weighted by molar-refractivity contribution is -0.401. The third-order valence-electron chi connectivity index (χ3n) is 1.99. The van der Waals surface area contributed by atoms with Crippen molar-refractivity contribution in [1.82, 2.24) is 0 Å². The van der Waals surface area contributed by atoms with Crippen LogP contribution in [0.5, 0.6) is 0 Å². The first kappa shape index (κ1) is 26.2. The Morgan fingerprint density at radius 2 is 1.00 bits per heavy atom. The molecule has 2 unspecified atom stereocenters. The number of alkyl halides is 14. The number of nitrogens with zero attached hydrogens (tertiary/aromatic N) is 1. The first-order chi connectivity index (χ1) is 11.5. The van der Waals surface area contributed by atoms with Gasteiger partial charge in [-0.25, -0.2) is 8.39 Å². The van der Waals surface area contributed by atoms with Crippen molar-refractivity contribution in [3.63, 3.8) is 0 Å². The largest absolute Gasteiger partial charge is 0.462 e. The normalized spacial score (nSPS) is 17.7. The van der Waals surface area contributed by atoms with Gasteiger partial charge in [0, 0.05) is 0 Å². The van der Waals surface area contributed by atoms with Crippen molar-refractivity contribution in [3.05, 3.63) is 4.89 Å². The lowest BCUT2D eigenvalue weighted by atomic mass is 10.3. The summed E-state index contributed by atoms with van der Waals surface area (Å²) in [6, 6.07) is 0. The highest BCUT2D eigenvalue weighted by Crippen LogP contribution is 2.49. The molecule has 0 aliphatic carbocycles. The summed E-state index contributed by atoms with van der Waals surface area (Å²) in [6.45, 7) is 0. The van der Waals surface area contributed by atoms with Crippen LogP contribution in [-0.2, 0) is 30.8 Å². The average Bonchev–Trinajstić information content (AvgIpc) is 2.41. The Hall–Kier alpha value is -0.800. The van der Waals surface area contributed by atoms with Gasteiger partial charge in [0.05, 0.1) is 11.3 Å². The standard InChI is InChI=1S/C6F14NO4S2/c7-1(8,3(11,12)13)5(17,18)24-27(23)21-25-26(22)6(19,20)2(9,10)4(14,15)16/q-1. The molecule has 164 valence electrons. The van der Waals surface area contributed by atoms with E-state index in [1.165, 1.54) is 4.89 Å². The minimum atomic E-state index is -7.07. The molecular formula is C6F14NO4S2-. The summed E-state index contributed by atoms with van der Waals surface area (Å²) < 4.78 is 196. The zero-order valence-corrected chi connectivity index (χ0v) is 12.8. The molecular weight excluding hydrogens is 480 g/mol. The van der Waals surface area contributed by atoms with E-state index >= 15 is 0 Å². The molecule has 0 aliphatic rings. The fourth-order valence-corrected chi connectivity index (χ4v) is 1.84. The second-order valence-electron chi connectivity index (χ2n) is 3.86. The van der Waals surface area contributed by atoms with Crippen molar-refractivity contribution in [1.29, 1.82) is 0 Å². The van der Waals surface area contributed by atoms with Crippen LogP contribution >= 0.6 is 0 Å². The van der Waals surface area contributed by atoms with Crippen LogP contribution < -0.4 is 0 Å². The van der Waals surface area contributed by atoms with Crippen LogP contribution in [0.15, 0.2) is 0 Å². The van der Waals surface area contributed by atoms with Crippen LogP contribution in [0.1, 0.15) is 0 Å². The van der Waals surface area contributed by atoms with Gasteiger partial charge in [-0.1, -0.05) is 0 Å². The van der Waals surface area contributed by atoms with Crippen molar-refractivity contribution in [3.8, 4) is 0 Å². The lowest BCUT2D eigenvalue weighted by Gasteiger charge is -2.31. The van der Waals surface area contributed by atoms with Gasteiger partial charge in [0.15, 0.2) is 0 Å². The van der Waals surface area contributed by atoms with Crippen molar-refractivity contribution in [2.75, 3.05) is 0 Å². The summed E-state index contributed by atoms with van der Waals surface area (Å²) in [5.41, 5.74) is 0. The molecule has 21 heteroatoms. The second kappa shape index (κ2) is 7.55. The zero-order chi connectivity index (χ0) is 22.3. The molecule has 0 amide bonds. The minimum absolute atomic E-state index is 1.26. The van der Waals surface area contributed by atoms with E-state index in [0.29, 0.717) is 0 Å². The Bertz CT molecular complexity index is 585. The van der Waals surface area contributed by atoms with Crippen LogP contribution in [0, 0.1) is 0 Å². The van der Waals surface area contributed by atoms with Gasteiger partial charge in [0.25, 0.3) is 0 Å². The molecule has 27 heavy (non-hydrogen) atoms. The molecule has 0 fully saturated rings. The lowest BCUT2D eigenvalue weighted by Crippen LogP contribution is -2.54. The van der Waals surface area contributed by atoms with Crippen LogP contribution in [0.3, 0.4) is 0 Å². The monoisotopic (exact) mass is 480 g/mol. The molecule has 0 saturated carbocycles. The topological polar surface area (TPSA) is 66.7 Å². The SMILES string of the molecule is O=S([N-]OS(=O)C(F)(F)C(F)(F)C(F)(F)F)OC(F)(F)C(F)(F)C(F)(F)F. The highest BCUT2D eigenvalue weighted by molar-refractivity contribution is 7.85. The van der Waals surface area contributed by atoms with E-state index in [1.807, 2.05) is 0 Å². The van der Waals surface area contributed by atoms with Crippen molar-refractivity contribution >= 4 is 22.3 Å². The smallest absolute Gasteiger partial charge is 0.408 e. The van der Waals surface area contributed by atoms with E-state index in [9.17, 15) is 69.9 Å². The molecule has 0 spiro atoms. The Balaban J connectivity index is 5.15. The molecule has 0 aromatic rings. The van der Waals surface area contributed by atoms with E-state index in [1.54, 1.807) is 0 Å². The first-order valence-corrected chi connectivity index (χ1v) is 7.19. The number of hydrogen-bond acceptors (Lipinski definition) is 4. The summed E-state index contributed by atoms with van der Waals surface area (Å²) in [7, 11) is 0. The van der Waals surface area contributed by atoms with E-state index in [0.717, 1.165) is 0 Å². The summed E-state index contributed by atoms with van der Waals surface area (Å²) >= 11 is -9.89. The molecule has 0 N–H and O–H groups in total. The van der Waals surface area contributed by atoms with Gasteiger partial charge in [-0.2, -0.15) is 61.5 Å². The van der Waals surface area contributed by atoms with Crippen molar-refractivity contribution in [2.45, 2.75) is 35.6 Å². The molecule has 2 atom stereocenters. The zero-order valence-electron chi connectivity index (χ0n) is 11.2. The maximum atomic E-state index is 12.7. The number of hydrogen-bond donors (Lipinski definition) is 0. The quantitative estimate of drug-likeness (QED) is 0.387. The molecule has 0 aromatic carbocycles. The molecule has 0 aromatic heterocycles. The van der Waals surface area contributed by atoms with Crippen LogP contribution in [0.2, 0.25) is 0 Å². The molecule has 0 rings (SSSR count). The summed E-state index contributed by atoms with van der Waals surface area (Å²) in [6.07, 6.45) is -20.7. The van der Waals surface area contributed by atoms with E-state index in [-0.39, 0.29) is 0 Å². The third kappa shape index (κ3) is 5.17. The van der Waals surface area contributed by atoms with Gasteiger partial charge < -0.3 is 9.17 Å². The van der Waals surface area contributed by atoms with Gasteiger partial charge in [0.1, 0.15) is 0 Å². The van der Waals surface area contributed by atoms with E-state index in [2.05, 4.69) is 8.47 Å². The summed E-state index contributed by atoms with van der Waals surface area (Å²) in [5, 5.41) is -6.68. The fourth-order valence-electron chi connectivity index (χ4n) is 0.691. The predicted octanol–water partition coefficient (Wildman–Crippen LogP) is 4.13. The second-order valence-corrected chi connectivity index (χ2v) is 5.74. The number of rotatable bonds is 8.